The van der Waals surface area contributed by atoms with Crippen LogP contribution in [0.1, 0.15) is 11.4 Å². The van der Waals surface area contributed by atoms with Crippen LogP contribution in [0.15, 0.2) is 47.1 Å². The van der Waals surface area contributed by atoms with E-state index in [1.807, 2.05) is 30.3 Å². The van der Waals surface area contributed by atoms with E-state index in [4.69, 9.17) is 4.63 Å². The molecule has 2 aromatic carbocycles. The number of hydrogen-bond donors (Lipinski definition) is 1. The van der Waals surface area contributed by atoms with Crippen molar-refractivity contribution in [3.63, 3.8) is 0 Å². The van der Waals surface area contributed by atoms with E-state index in [1.165, 1.54) is 5.56 Å². The molecule has 0 aliphatic rings. The summed E-state index contributed by atoms with van der Waals surface area (Å²) in [6.45, 7) is 0. The van der Waals surface area contributed by atoms with Crippen LogP contribution < -0.4 is 0 Å². The number of nitrogens with zero attached hydrogens (tertiary/aromatic N) is 3. The molecule has 1 N–H and O–H groups in total. The molecular weight excluding hydrogens is 240 g/mol. The Balaban J connectivity index is 1.83. The third-order valence-electron chi connectivity index (χ3n) is 3.12. The van der Waals surface area contributed by atoms with E-state index in [0.29, 0.717) is 0 Å². The van der Waals surface area contributed by atoms with Gasteiger partial charge in [0.15, 0.2) is 5.52 Å². The van der Waals surface area contributed by atoms with Crippen molar-refractivity contribution in [2.24, 2.45) is 0 Å². The normalized spacial score (nSPS) is 11.4. The Kier molecular flexibility index (Phi) is 2.11. The van der Waals surface area contributed by atoms with Crippen LogP contribution in [0.3, 0.4) is 0 Å². The molecule has 0 saturated carbocycles. The molecule has 0 spiro atoms. The quantitative estimate of drug-likeness (QED) is 0.594. The summed E-state index contributed by atoms with van der Waals surface area (Å²) in [5.74, 6) is 0.803. The van der Waals surface area contributed by atoms with Crippen LogP contribution in [0.25, 0.3) is 22.1 Å². The van der Waals surface area contributed by atoms with E-state index in [0.717, 1.165) is 34.3 Å². The van der Waals surface area contributed by atoms with Gasteiger partial charge < -0.3 is 0 Å². The van der Waals surface area contributed by atoms with E-state index in [9.17, 15) is 0 Å². The number of rotatable bonds is 2. The lowest BCUT2D eigenvalue weighted by Crippen LogP contribution is -1.89. The number of benzene rings is 2. The Morgan fingerprint density at radius 2 is 1.84 bits per heavy atom. The van der Waals surface area contributed by atoms with Crippen molar-refractivity contribution in [2.45, 2.75) is 6.42 Å². The van der Waals surface area contributed by atoms with Crippen LogP contribution in [0.5, 0.6) is 0 Å². The van der Waals surface area contributed by atoms with Gasteiger partial charge in [-0.1, -0.05) is 30.3 Å². The second-order valence-electron chi connectivity index (χ2n) is 4.42. The van der Waals surface area contributed by atoms with E-state index in [2.05, 4.69) is 32.4 Å². The number of fused-ring (bicyclic) bond motifs is 3. The van der Waals surface area contributed by atoms with Crippen molar-refractivity contribution >= 4 is 22.1 Å². The van der Waals surface area contributed by atoms with Gasteiger partial charge in [-0.05, 0) is 22.9 Å². The van der Waals surface area contributed by atoms with Gasteiger partial charge in [-0.2, -0.15) is 5.16 Å². The molecule has 0 aliphatic heterocycles. The van der Waals surface area contributed by atoms with Crippen molar-refractivity contribution in [3.8, 4) is 0 Å². The minimum absolute atomic E-state index is 0.721. The zero-order chi connectivity index (χ0) is 12.7. The molecule has 5 heteroatoms. The fourth-order valence-corrected chi connectivity index (χ4v) is 2.21. The maximum atomic E-state index is 4.86. The molecule has 0 amide bonds. The fraction of sp³-hybridized carbons (Fsp3) is 0.0714. The molecular formula is C14H10N4O. The van der Waals surface area contributed by atoms with E-state index >= 15 is 0 Å². The largest absolute Gasteiger partial charge is 0.270 e. The topological polar surface area (TPSA) is 67.6 Å². The average molecular weight is 250 g/mol. The monoisotopic (exact) mass is 250 g/mol. The second-order valence-corrected chi connectivity index (χ2v) is 4.42. The van der Waals surface area contributed by atoms with Crippen LogP contribution in [0.4, 0.5) is 0 Å². The minimum atomic E-state index is 0.721. The first-order chi connectivity index (χ1) is 9.40. The van der Waals surface area contributed by atoms with Gasteiger partial charge in [0, 0.05) is 6.42 Å². The van der Waals surface area contributed by atoms with Gasteiger partial charge in [0.25, 0.3) is 0 Å². The van der Waals surface area contributed by atoms with Gasteiger partial charge in [0.2, 0.25) is 0 Å². The SMILES string of the molecule is c1ccc(Cc2nc3ccc4[nH]onc4c3n2)cc1. The van der Waals surface area contributed by atoms with E-state index in [-0.39, 0.29) is 0 Å². The summed E-state index contributed by atoms with van der Waals surface area (Å²) in [7, 11) is 0. The van der Waals surface area contributed by atoms with E-state index in [1.54, 1.807) is 0 Å². The summed E-state index contributed by atoms with van der Waals surface area (Å²) >= 11 is 0. The number of imidazole rings is 1. The predicted octanol–water partition coefficient (Wildman–Crippen LogP) is 2.69. The summed E-state index contributed by atoms with van der Waals surface area (Å²) in [5.41, 5.74) is 4.39. The van der Waals surface area contributed by atoms with Crippen LogP contribution >= 0.6 is 0 Å². The molecule has 0 unspecified atom stereocenters. The van der Waals surface area contributed by atoms with E-state index < -0.39 is 0 Å². The van der Waals surface area contributed by atoms with Crippen LogP contribution in [-0.2, 0) is 6.42 Å². The Morgan fingerprint density at radius 1 is 0.947 bits per heavy atom. The number of aromatic amines is 1. The molecule has 0 aliphatic carbocycles. The highest BCUT2D eigenvalue weighted by molar-refractivity contribution is 5.99. The van der Waals surface area contributed by atoms with Gasteiger partial charge in [0.05, 0.1) is 5.52 Å². The van der Waals surface area contributed by atoms with Gasteiger partial charge in [0.1, 0.15) is 16.9 Å². The van der Waals surface area contributed by atoms with Crippen molar-refractivity contribution < 1.29 is 4.63 Å². The minimum Gasteiger partial charge on any atom is -0.270 e. The molecule has 0 bridgehead atoms. The summed E-state index contributed by atoms with van der Waals surface area (Å²) in [6.07, 6.45) is 0.721. The van der Waals surface area contributed by atoms with Gasteiger partial charge >= 0.3 is 0 Å². The molecule has 2 aromatic heterocycles. The molecule has 92 valence electrons. The van der Waals surface area contributed by atoms with Crippen LogP contribution in [0, 0.1) is 0 Å². The maximum absolute atomic E-state index is 4.86. The number of nitrogens with one attached hydrogen (secondary N) is 1. The lowest BCUT2D eigenvalue weighted by Gasteiger charge is -1.95. The van der Waals surface area contributed by atoms with Crippen LogP contribution in [0.2, 0.25) is 0 Å². The van der Waals surface area contributed by atoms with Crippen molar-refractivity contribution in [1.82, 2.24) is 20.3 Å². The molecule has 4 aromatic rings. The second kappa shape index (κ2) is 3.91. The number of hydrogen-bond acceptors (Lipinski definition) is 4. The van der Waals surface area contributed by atoms with Crippen molar-refractivity contribution in [3.05, 3.63) is 53.9 Å². The predicted molar refractivity (Wildman–Crippen MR) is 70.7 cm³/mol. The molecule has 4 rings (SSSR count). The lowest BCUT2D eigenvalue weighted by molar-refractivity contribution is 0.315. The highest BCUT2D eigenvalue weighted by atomic mass is 16.6. The first-order valence-corrected chi connectivity index (χ1v) is 6.03. The lowest BCUT2D eigenvalue weighted by atomic mass is 10.1. The molecule has 0 saturated heterocycles. The Morgan fingerprint density at radius 3 is 2.74 bits per heavy atom. The first kappa shape index (κ1) is 10.3. The van der Waals surface area contributed by atoms with Gasteiger partial charge in [-0.25, -0.2) is 9.97 Å². The smallest absolute Gasteiger partial charge is 0.160 e. The average Bonchev–Trinajstić information content (AvgIpc) is 3.04. The maximum Gasteiger partial charge on any atom is 0.160 e. The highest BCUT2D eigenvalue weighted by Crippen LogP contribution is 2.21. The molecule has 0 fully saturated rings. The van der Waals surface area contributed by atoms with Crippen LogP contribution in [-0.4, -0.2) is 20.3 Å². The molecule has 5 nitrogen and oxygen atoms in total. The molecule has 19 heavy (non-hydrogen) atoms. The standard InChI is InChI=1S/C14H10N4O/c1-2-4-9(5-3-1)8-12-15-10-6-7-11-14(13(10)16-12)18-19-17-11/h1-7,17H,8H2. The van der Waals surface area contributed by atoms with Gasteiger partial charge in [-0.15, -0.1) is 0 Å². The Labute approximate surface area is 108 Å². The Bertz CT molecular complexity index is 848. The summed E-state index contributed by atoms with van der Waals surface area (Å²) in [4.78, 5) is 9.09. The molecule has 0 radical (unpaired) electrons. The van der Waals surface area contributed by atoms with Crippen molar-refractivity contribution in [2.75, 3.05) is 0 Å². The summed E-state index contributed by atoms with van der Waals surface area (Å²) < 4.78 is 4.86. The first-order valence-electron chi connectivity index (χ1n) is 6.03. The summed E-state index contributed by atoms with van der Waals surface area (Å²) in [6, 6.07) is 14.0. The molecule has 2 heterocycles. The zero-order valence-electron chi connectivity index (χ0n) is 10.00. The third kappa shape index (κ3) is 1.67. The number of H-pyrrole nitrogens is 1. The fourth-order valence-electron chi connectivity index (χ4n) is 2.21. The van der Waals surface area contributed by atoms with Gasteiger partial charge in [-0.3, -0.25) is 4.63 Å². The highest BCUT2D eigenvalue weighted by Gasteiger charge is 2.11. The summed E-state index contributed by atoms with van der Waals surface area (Å²) in [5, 5.41) is 6.65. The number of aromatic nitrogens is 4. The molecule has 0 atom stereocenters. The van der Waals surface area contributed by atoms with Crippen molar-refractivity contribution in [1.29, 1.82) is 0 Å². The zero-order valence-corrected chi connectivity index (χ0v) is 10.00. The Hall–Kier alpha value is -2.69. The third-order valence-corrected chi connectivity index (χ3v) is 3.12.